The van der Waals surface area contributed by atoms with Gasteiger partial charge in [-0.1, -0.05) is 54.1 Å². The summed E-state index contributed by atoms with van der Waals surface area (Å²) in [5.41, 5.74) is 2.34. The van der Waals surface area contributed by atoms with Crippen LogP contribution in [0.4, 0.5) is 5.13 Å². The van der Waals surface area contributed by atoms with Crippen LogP contribution in [-0.2, 0) is 17.6 Å². The lowest BCUT2D eigenvalue weighted by molar-refractivity contribution is -0.116. The van der Waals surface area contributed by atoms with Crippen molar-refractivity contribution in [2.45, 2.75) is 38.1 Å². The van der Waals surface area contributed by atoms with E-state index in [2.05, 4.69) is 15.6 Å². The van der Waals surface area contributed by atoms with Gasteiger partial charge in [-0.05, 0) is 43.4 Å². The second-order valence-electron chi connectivity index (χ2n) is 7.26. The Labute approximate surface area is 184 Å². The van der Waals surface area contributed by atoms with Gasteiger partial charge in [-0.25, -0.2) is 4.98 Å². The van der Waals surface area contributed by atoms with Gasteiger partial charge in [0.2, 0.25) is 5.91 Å². The third kappa shape index (κ3) is 4.89. The van der Waals surface area contributed by atoms with Crippen LogP contribution in [-0.4, -0.2) is 16.8 Å². The molecule has 1 heterocycles. The molecule has 154 valence electrons. The molecule has 0 aliphatic heterocycles. The Hall–Kier alpha value is -2.70. The number of nitrogens with zero attached hydrogens (tertiary/aromatic N) is 1. The molecule has 1 aliphatic rings. The van der Waals surface area contributed by atoms with E-state index in [0.717, 1.165) is 30.5 Å². The molecule has 0 fully saturated rings. The van der Waals surface area contributed by atoms with Crippen molar-refractivity contribution >= 4 is 39.9 Å². The van der Waals surface area contributed by atoms with Crippen LogP contribution >= 0.6 is 22.9 Å². The molecular weight excluding hydrogens is 418 g/mol. The number of rotatable bonds is 6. The van der Waals surface area contributed by atoms with E-state index in [1.165, 1.54) is 11.3 Å². The van der Waals surface area contributed by atoms with E-state index in [4.69, 9.17) is 11.6 Å². The molecule has 4 rings (SSSR count). The highest BCUT2D eigenvalue weighted by Crippen LogP contribution is 2.30. The summed E-state index contributed by atoms with van der Waals surface area (Å²) in [4.78, 5) is 31.4. The van der Waals surface area contributed by atoms with E-state index in [1.807, 2.05) is 30.3 Å². The van der Waals surface area contributed by atoms with Crippen LogP contribution in [0.2, 0.25) is 5.02 Å². The molecular formula is C23H22ClN3O2S. The first-order chi connectivity index (χ1) is 14.6. The average Bonchev–Trinajstić information content (AvgIpc) is 3.16. The van der Waals surface area contributed by atoms with Gasteiger partial charge < -0.3 is 10.6 Å². The lowest BCUT2D eigenvalue weighted by atomic mass is 10.0. The number of carbonyl (C=O) groups is 2. The van der Waals surface area contributed by atoms with Gasteiger partial charge in [-0.3, -0.25) is 9.59 Å². The molecule has 0 saturated heterocycles. The zero-order valence-electron chi connectivity index (χ0n) is 16.4. The molecule has 1 unspecified atom stereocenters. The van der Waals surface area contributed by atoms with E-state index < -0.39 is 6.04 Å². The number of nitrogens with one attached hydrogen (secondary N) is 2. The van der Waals surface area contributed by atoms with Crippen molar-refractivity contribution in [3.8, 4) is 0 Å². The predicted molar refractivity (Wildman–Crippen MR) is 120 cm³/mol. The molecule has 1 aromatic heterocycles. The highest BCUT2D eigenvalue weighted by Gasteiger charge is 2.22. The van der Waals surface area contributed by atoms with Gasteiger partial charge in [0.1, 0.15) is 0 Å². The Morgan fingerprint density at radius 1 is 1.03 bits per heavy atom. The summed E-state index contributed by atoms with van der Waals surface area (Å²) in [6.45, 7) is 0. The summed E-state index contributed by atoms with van der Waals surface area (Å²) < 4.78 is 0. The Kier molecular flexibility index (Phi) is 6.45. The minimum Gasteiger partial charge on any atom is -0.345 e. The minimum atomic E-state index is -0.482. The molecule has 3 aromatic rings. The Morgan fingerprint density at radius 2 is 1.77 bits per heavy atom. The molecule has 2 aromatic carbocycles. The van der Waals surface area contributed by atoms with Crippen LogP contribution in [0, 0.1) is 0 Å². The predicted octanol–water partition coefficient (Wildman–Crippen LogP) is 5.18. The van der Waals surface area contributed by atoms with E-state index in [1.54, 1.807) is 35.6 Å². The molecule has 0 saturated carbocycles. The number of hydrogen-bond donors (Lipinski definition) is 2. The maximum atomic E-state index is 12.8. The highest BCUT2D eigenvalue weighted by atomic mass is 35.5. The van der Waals surface area contributed by atoms with Crippen molar-refractivity contribution in [1.29, 1.82) is 0 Å². The lowest BCUT2D eigenvalue weighted by Gasteiger charge is -2.19. The number of amides is 2. The van der Waals surface area contributed by atoms with Crippen molar-refractivity contribution < 1.29 is 9.59 Å². The van der Waals surface area contributed by atoms with Crippen molar-refractivity contribution in [2.75, 3.05) is 5.32 Å². The van der Waals surface area contributed by atoms with Crippen molar-refractivity contribution in [2.24, 2.45) is 0 Å². The Balaban J connectivity index is 1.48. The maximum Gasteiger partial charge on any atom is 0.253 e. The van der Waals surface area contributed by atoms with Crippen molar-refractivity contribution in [1.82, 2.24) is 10.3 Å². The fraction of sp³-hybridized carbons (Fsp3) is 0.261. The number of benzene rings is 2. The van der Waals surface area contributed by atoms with E-state index in [-0.39, 0.29) is 18.2 Å². The molecule has 7 heteroatoms. The third-order valence-corrected chi connectivity index (χ3v) is 6.51. The second kappa shape index (κ2) is 9.41. The number of aryl methyl sites for hydroxylation is 2. The van der Waals surface area contributed by atoms with Gasteiger partial charge in [0.05, 0.1) is 28.7 Å². The Morgan fingerprint density at radius 3 is 2.53 bits per heavy atom. The van der Waals surface area contributed by atoms with Gasteiger partial charge in [-0.2, -0.15) is 0 Å². The maximum absolute atomic E-state index is 12.8. The monoisotopic (exact) mass is 439 g/mol. The first kappa shape index (κ1) is 20.6. The first-order valence-corrected chi connectivity index (χ1v) is 11.2. The highest BCUT2D eigenvalue weighted by molar-refractivity contribution is 7.15. The quantitative estimate of drug-likeness (QED) is 0.556. The second-order valence-corrected chi connectivity index (χ2v) is 8.76. The van der Waals surface area contributed by atoms with Crippen molar-refractivity contribution in [3.05, 3.63) is 81.3 Å². The van der Waals surface area contributed by atoms with Crippen LogP contribution in [0.15, 0.2) is 54.6 Å². The molecule has 0 spiro atoms. The number of halogens is 1. The number of carbonyl (C=O) groups excluding carboxylic acids is 2. The van der Waals surface area contributed by atoms with E-state index in [0.29, 0.717) is 15.7 Å². The van der Waals surface area contributed by atoms with Gasteiger partial charge in [0.25, 0.3) is 5.91 Å². The molecule has 1 atom stereocenters. The average molecular weight is 440 g/mol. The number of anilines is 1. The lowest BCUT2D eigenvalue weighted by Crippen LogP contribution is -2.31. The molecule has 2 N–H and O–H groups in total. The smallest absolute Gasteiger partial charge is 0.253 e. The third-order valence-electron chi connectivity index (χ3n) is 5.11. The van der Waals surface area contributed by atoms with Crippen LogP contribution in [0.25, 0.3) is 0 Å². The molecule has 30 heavy (non-hydrogen) atoms. The topological polar surface area (TPSA) is 71.1 Å². The zero-order chi connectivity index (χ0) is 20.9. The number of thiazole rings is 1. The van der Waals surface area contributed by atoms with Gasteiger partial charge in [0.15, 0.2) is 5.13 Å². The largest absolute Gasteiger partial charge is 0.345 e. The summed E-state index contributed by atoms with van der Waals surface area (Å²) in [5.74, 6) is -0.499. The molecule has 2 amide bonds. The first-order valence-electron chi connectivity index (χ1n) is 9.99. The Bertz CT molecular complexity index is 1030. The zero-order valence-corrected chi connectivity index (χ0v) is 17.9. The fourth-order valence-electron chi connectivity index (χ4n) is 3.58. The van der Waals surface area contributed by atoms with Crippen LogP contribution in [0.1, 0.15) is 51.8 Å². The minimum absolute atomic E-state index is 0.102. The molecule has 5 nitrogen and oxygen atoms in total. The standard InChI is InChI=1S/C23H22ClN3O2S/c24-17-11-5-4-10-16(17)22(29)25-19(15-8-2-1-3-9-15)14-21(28)27-23-26-18-12-6-7-13-20(18)30-23/h1-5,8-11,19H,6-7,12-14H2,(H,25,29)(H,26,27,28). The summed E-state index contributed by atoms with van der Waals surface area (Å²) >= 11 is 7.72. The van der Waals surface area contributed by atoms with Crippen LogP contribution < -0.4 is 10.6 Å². The van der Waals surface area contributed by atoms with E-state index >= 15 is 0 Å². The summed E-state index contributed by atoms with van der Waals surface area (Å²) in [5, 5.41) is 6.88. The van der Waals surface area contributed by atoms with Gasteiger partial charge >= 0.3 is 0 Å². The fourth-order valence-corrected chi connectivity index (χ4v) is 4.87. The molecule has 0 bridgehead atoms. The van der Waals surface area contributed by atoms with E-state index in [9.17, 15) is 9.59 Å². The van der Waals surface area contributed by atoms with Crippen molar-refractivity contribution in [3.63, 3.8) is 0 Å². The summed E-state index contributed by atoms with van der Waals surface area (Å²) in [6.07, 6.45) is 4.43. The summed E-state index contributed by atoms with van der Waals surface area (Å²) in [7, 11) is 0. The molecule has 0 radical (unpaired) electrons. The number of fused-ring (bicyclic) bond motifs is 1. The summed E-state index contributed by atoms with van der Waals surface area (Å²) in [6, 6.07) is 15.9. The van der Waals surface area contributed by atoms with Crippen LogP contribution in [0.3, 0.4) is 0 Å². The van der Waals surface area contributed by atoms with Crippen LogP contribution in [0.5, 0.6) is 0 Å². The SMILES string of the molecule is O=C(CC(NC(=O)c1ccccc1Cl)c1ccccc1)Nc1nc2c(s1)CCCC2. The van der Waals surface area contributed by atoms with Gasteiger partial charge in [0, 0.05) is 4.88 Å². The number of aromatic nitrogens is 1. The normalized spacial score (nSPS) is 13.9. The number of hydrogen-bond acceptors (Lipinski definition) is 4. The van der Waals surface area contributed by atoms with Gasteiger partial charge in [-0.15, -0.1) is 11.3 Å². The molecule has 1 aliphatic carbocycles.